The third kappa shape index (κ3) is 4.68. The molecule has 1 aliphatic carbocycles. The summed E-state index contributed by atoms with van der Waals surface area (Å²) in [6.07, 6.45) is 8.70. The molecule has 142 valence electrons. The molecule has 0 aromatic heterocycles. The van der Waals surface area contributed by atoms with E-state index in [4.69, 9.17) is 4.74 Å². The van der Waals surface area contributed by atoms with Gasteiger partial charge in [-0.1, -0.05) is 19.3 Å². The zero-order valence-electron chi connectivity index (χ0n) is 15.6. The van der Waals surface area contributed by atoms with Crippen LogP contribution in [-0.2, 0) is 4.79 Å². The highest BCUT2D eigenvalue weighted by Crippen LogP contribution is 2.33. The minimum atomic E-state index is -0.198. The minimum absolute atomic E-state index is 0.105. The van der Waals surface area contributed by atoms with Gasteiger partial charge in [0.05, 0.1) is 12.8 Å². The summed E-state index contributed by atoms with van der Waals surface area (Å²) < 4.78 is 5.41. The first-order valence-electron chi connectivity index (χ1n) is 9.70. The summed E-state index contributed by atoms with van der Waals surface area (Å²) in [4.78, 5) is 26.2. The molecule has 2 N–H and O–H groups in total. The first-order chi connectivity index (χ1) is 12.7. The van der Waals surface area contributed by atoms with Crippen LogP contribution < -0.4 is 20.3 Å². The maximum Gasteiger partial charge on any atom is 0.319 e. The fourth-order valence-corrected chi connectivity index (χ4v) is 3.84. The average Bonchev–Trinajstić information content (AvgIpc) is 2.67. The van der Waals surface area contributed by atoms with Gasteiger partial charge in [0.1, 0.15) is 5.75 Å². The van der Waals surface area contributed by atoms with E-state index in [2.05, 4.69) is 10.6 Å². The van der Waals surface area contributed by atoms with E-state index in [0.29, 0.717) is 30.3 Å². The summed E-state index contributed by atoms with van der Waals surface area (Å²) in [6, 6.07) is 5.23. The summed E-state index contributed by atoms with van der Waals surface area (Å²) in [5.74, 6) is 1.34. The Labute approximate surface area is 155 Å². The van der Waals surface area contributed by atoms with Crippen molar-refractivity contribution in [2.75, 3.05) is 30.4 Å². The topological polar surface area (TPSA) is 70.7 Å². The maximum atomic E-state index is 12.2. The Morgan fingerprint density at radius 1 is 1.19 bits per heavy atom. The first kappa shape index (κ1) is 18.5. The van der Waals surface area contributed by atoms with E-state index in [9.17, 15) is 9.59 Å². The fourth-order valence-electron chi connectivity index (χ4n) is 3.84. The van der Waals surface area contributed by atoms with Crippen molar-refractivity contribution in [2.45, 2.75) is 51.4 Å². The van der Waals surface area contributed by atoms with Crippen molar-refractivity contribution in [1.82, 2.24) is 5.32 Å². The van der Waals surface area contributed by atoms with Crippen LogP contribution in [0.2, 0.25) is 0 Å². The fraction of sp³-hybridized carbons (Fsp3) is 0.600. The number of benzene rings is 1. The van der Waals surface area contributed by atoms with Gasteiger partial charge >= 0.3 is 6.03 Å². The SMILES string of the molecule is COc1ccc(NC(=O)NCC2CCCCC2)cc1N1CCCCC1=O. The summed E-state index contributed by atoms with van der Waals surface area (Å²) in [6.45, 7) is 1.41. The van der Waals surface area contributed by atoms with Crippen LogP contribution in [0.5, 0.6) is 5.75 Å². The van der Waals surface area contributed by atoms with Gasteiger partial charge in [0.25, 0.3) is 0 Å². The molecule has 0 radical (unpaired) electrons. The lowest BCUT2D eigenvalue weighted by atomic mass is 9.89. The van der Waals surface area contributed by atoms with Crippen LogP contribution in [0.15, 0.2) is 18.2 Å². The number of urea groups is 1. The second-order valence-electron chi connectivity index (χ2n) is 7.23. The standard InChI is InChI=1S/C20H29N3O3/c1-26-18-11-10-16(13-17(18)23-12-6-5-9-19(23)24)22-20(25)21-14-15-7-3-2-4-8-15/h10-11,13,15H,2-9,12,14H2,1H3,(H2,21,22,25). The normalized spacial score (nSPS) is 18.5. The van der Waals surface area contributed by atoms with Crippen LogP contribution in [-0.4, -0.2) is 32.1 Å². The minimum Gasteiger partial charge on any atom is -0.495 e. The number of nitrogens with one attached hydrogen (secondary N) is 2. The van der Waals surface area contributed by atoms with E-state index in [1.54, 1.807) is 24.1 Å². The van der Waals surface area contributed by atoms with Gasteiger partial charge in [-0.3, -0.25) is 4.79 Å². The summed E-state index contributed by atoms with van der Waals surface area (Å²) in [7, 11) is 1.59. The van der Waals surface area contributed by atoms with Gasteiger partial charge in [-0.2, -0.15) is 0 Å². The molecule has 1 aliphatic heterocycles. The highest BCUT2D eigenvalue weighted by atomic mass is 16.5. The smallest absolute Gasteiger partial charge is 0.319 e. The van der Waals surface area contributed by atoms with E-state index in [1.165, 1.54) is 32.1 Å². The molecule has 3 rings (SSSR count). The Morgan fingerprint density at radius 2 is 2.00 bits per heavy atom. The monoisotopic (exact) mass is 359 g/mol. The highest BCUT2D eigenvalue weighted by molar-refractivity contribution is 5.97. The number of ether oxygens (including phenoxy) is 1. The molecular weight excluding hydrogens is 330 g/mol. The number of hydrogen-bond acceptors (Lipinski definition) is 3. The van der Waals surface area contributed by atoms with E-state index in [-0.39, 0.29) is 11.9 Å². The van der Waals surface area contributed by atoms with Crippen LogP contribution in [0, 0.1) is 5.92 Å². The predicted molar refractivity (Wildman–Crippen MR) is 103 cm³/mol. The number of methoxy groups -OCH3 is 1. The molecule has 3 amide bonds. The van der Waals surface area contributed by atoms with E-state index < -0.39 is 0 Å². The molecule has 1 heterocycles. The Kier molecular flexibility index (Phi) is 6.36. The quantitative estimate of drug-likeness (QED) is 0.837. The molecule has 1 aromatic carbocycles. The molecule has 1 aromatic rings. The molecular formula is C20H29N3O3. The molecule has 1 saturated heterocycles. The number of carbonyl (C=O) groups excluding carboxylic acids is 2. The van der Waals surface area contributed by atoms with Crippen molar-refractivity contribution in [3.05, 3.63) is 18.2 Å². The summed E-state index contributed by atoms with van der Waals surface area (Å²) in [5.41, 5.74) is 1.39. The number of amides is 3. The molecule has 2 fully saturated rings. The lowest BCUT2D eigenvalue weighted by Crippen LogP contribution is -2.36. The van der Waals surface area contributed by atoms with Crippen LogP contribution in [0.25, 0.3) is 0 Å². The largest absolute Gasteiger partial charge is 0.495 e. The Balaban J connectivity index is 1.63. The molecule has 0 atom stereocenters. The Morgan fingerprint density at radius 3 is 2.73 bits per heavy atom. The number of anilines is 2. The molecule has 26 heavy (non-hydrogen) atoms. The van der Waals surface area contributed by atoms with E-state index >= 15 is 0 Å². The number of nitrogens with zero attached hydrogens (tertiary/aromatic N) is 1. The first-order valence-corrected chi connectivity index (χ1v) is 9.70. The van der Waals surface area contributed by atoms with Crippen molar-refractivity contribution in [3.63, 3.8) is 0 Å². The van der Waals surface area contributed by atoms with Gasteiger partial charge in [0, 0.05) is 25.2 Å². The van der Waals surface area contributed by atoms with E-state index in [1.807, 2.05) is 6.07 Å². The maximum absolute atomic E-state index is 12.2. The molecule has 0 spiro atoms. The number of hydrogen-bond donors (Lipinski definition) is 2. The number of rotatable bonds is 5. The third-order valence-corrected chi connectivity index (χ3v) is 5.33. The number of piperidine rings is 1. The van der Waals surface area contributed by atoms with Crippen molar-refractivity contribution in [3.8, 4) is 5.75 Å². The number of carbonyl (C=O) groups is 2. The van der Waals surface area contributed by atoms with Crippen LogP contribution in [0.4, 0.5) is 16.2 Å². The van der Waals surface area contributed by atoms with Crippen LogP contribution in [0.3, 0.4) is 0 Å². The Bertz CT molecular complexity index is 641. The van der Waals surface area contributed by atoms with Crippen molar-refractivity contribution >= 4 is 23.3 Å². The van der Waals surface area contributed by atoms with E-state index in [0.717, 1.165) is 25.1 Å². The lowest BCUT2D eigenvalue weighted by Gasteiger charge is -2.28. The zero-order chi connectivity index (χ0) is 18.4. The van der Waals surface area contributed by atoms with Gasteiger partial charge in [-0.05, 0) is 49.8 Å². The van der Waals surface area contributed by atoms with Gasteiger partial charge in [0.15, 0.2) is 0 Å². The molecule has 1 saturated carbocycles. The molecule has 6 heteroatoms. The zero-order valence-corrected chi connectivity index (χ0v) is 15.6. The molecule has 0 bridgehead atoms. The van der Waals surface area contributed by atoms with Gasteiger partial charge in [-0.25, -0.2) is 4.79 Å². The van der Waals surface area contributed by atoms with Gasteiger partial charge in [0.2, 0.25) is 5.91 Å². The van der Waals surface area contributed by atoms with Crippen molar-refractivity contribution in [1.29, 1.82) is 0 Å². The molecule has 6 nitrogen and oxygen atoms in total. The average molecular weight is 359 g/mol. The van der Waals surface area contributed by atoms with Crippen molar-refractivity contribution in [2.24, 2.45) is 5.92 Å². The lowest BCUT2D eigenvalue weighted by molar-refractivity contribution is -0.119. The molecule has 2 aliphatic rings. The Hall–Kier alpha value is -2.24. The van der Waals surface area contributed by atoms with Crippen molar-refractivity contribution < 1.29 is 14.3 Å². The molecule has 0 unspecified atom stereocenters. The third-order valence-electron chi connectivity index (χ3n) is 5.33. The highest BCUT2D eigenvalue weighted by Gasteiger charge is 2.23. The van der Waals surface area contributed by atoms with Gasteiger partial charge in [-0.15, -0.1) is 0 Å². The van der Waals surface area contributed by atoms with Crippen LogP contribution in [0.1, 0.15) is 51.4 Å². The summed E-state index contributed by atoms with van der Waals surface area (Å²) in [5, 5.41) is 5.86. The van der Waals surface area contributed by atoms with Gasteiger partial charge < -0.3 is 20.3 Å². The second kappa shape index (κ2) is 8.92. The summed E-state index contributed by atoms with van der Waals surface area (Å²) >= 11 is 0. The predicted octanol–water partition coefficient (Wildman–Crippen LogP) is 3.91. The van der Waals surface area contributed by atoms with Crippen LogP contribution >= 0.6 is 0 Å². The second-order valence-corrected chi connectivity index (χ2v) is 7.23.